The van der Waals surface area contributed by atoms with Crippen molar-refractivity contribution >= 4 is 5.91 Å². The van der Waals surface area contributed by atoms with Crippen molar-refractivity contribution in [2.24, 2.45) is 0 Å². The third-order valence-electron chi connectivity index (χ3n) is 2.41. The topological polar surface area (TPSA) is 62.5 Å². The number of aliphatic hydroxyl groups excluding tert-OH is 1. The van der Waals surface area contributed by atoms with Crippen LogP contribution in [0.25, 0.3) is 0 Å². The molecular formula is C11H17NO3. The molecule has 0 saturated carbocycles. The lowest BCUT2D eigenvalue weighted by molar-refractivity contribution is 0.0927. The van der Waals surface area contributed by atoms with Gasteiger partial charge in [-0.1, -0.05) is 6.92 Å². The number of aryl methyl sites for hydroxylation is 1. The van der Waals surface area contributed by atoms with Crippen LogP contribution >= 0.6 is 0 Å². The Hall–Kier alpha value is -1.29. The normalized spacial score (nSPS) is 12.5. The van der Waals surface area contributed by atoms with E-state index in [-0.39, 0.29) is 18.6 Å². The molecule has 1 unspecified atom stereocenters. The molecule has 1 aromatic rings. The average molecular weight is 211 g/mol. The van der Waals surface area contributed by atoms with E-state index < -0.39 is 0 Å². The lowest BCUT2D eigenvalue weighted by atomic mass is 10.1. The summed E-state index contributed by atoms with van der Waals surface area (Å²) in [7, 11) is 0. The molecule has 2 N–H and O–H groups in total. The highest BCUT2D eigenvalue weighted by Gasteiger charge is 2.14. The third kappa shape index (κ3) is 3.09. The van der Waals surface area contributed by atoms with E-state index in [2.05, 4.69) is 5.32 Å². The maximum atomic E-state index is 11.7. The van der Waals surface area contributed by atoms with Gasteiger partial charge in [-0.3, -0.25) is 4.79 Å². The van der Waals surface area contributed by atoms with Crippen molar-refractivity contribution in [3.63, 3.8) is 0 Å². The molecule has 1 aromatic heterocycles. The van der Waals surface area contributed by atoms with Crippen LogP contribution in [0.5, 0.6) is 0 Å². The van der Waals surface area contributed by atoms with Crippen molar-refractivity contribution < 1.29 is 14.3 Å². The minimum absolute atomic E-state index is 0.0248. The van der Waals surface area contributed by atoms with E-state index in [0.717, 1.165) is 6.42 Å². The van der Waals surface area contributed by atoms with Gasteiger partial charge in [-0.2, -0.15) is 0 Å². The van der Waals surface area contributed by atoms with Crippen molar-refractivity contribution in [3.05, 3.63) is 23.7 Å². The molecule has 0 radical (unpaired) electrons. The number of furan rings is 1. The molecule has 0 bridgehead atoms. The van der Waals surface area contributed by atoms with Crippen molar-refractivity contribution in [2.75, 3.05) is 6.61 Å². The predicted octanol–water partition coefficient (Wildman–Crippen LogP) is 1.48. The Kier molecular flexibility index (Phi) is 4.37. The van der Waals surface area contributed by atoms with Gasteiger partial charge in [0, 0.05) is 12.6 Å². The fraction of sp³-hybridized carbons (Fsp3) is 0.545. The second kappa shape index (κ2) is 5.56. The Bertz CT molecular complexity index is 319. The number of hydrogen-bond donors (Lipinski definition) is 2. The Morgan fingerprint density at radius 3 is 2.87 bits per heavy atom. The van der Waals surface area contributed by atoms with Crippen molar-refractivity contribution in [1.29, 1.82) is 0 Å². The van der Waals surface area contributed by atoms with Gasteiger partial charge in [0.15, 0.2) is 0 Å². The number of aliphatic hydroxyl groups is 1. The molecule has 0 spiro atoms. The first-order valence-corrected chi connectivity index (χ1v) is 5.14. The zero-order valence-electron chi connectivity index (χ0n) is 9.12. The van der Waals surface area contributed by atoms with E-state index >= 15 is 0 Å². The zero-order chi connectivity index (χ0) is 11.3. The van der Waals surface area contributed by atoms with Gasteiger partial charge in [0.1, 0.15) is 5.76 Å². The predicted molar refractivity (Wildman–Crippen MR) is 56.7 cm³/mol. The lowest BCUT2D eigenvalue weighted by Gasteiger charge is -2.15. The summed E-state index contributed by atoms with van der Waals surface area (Å²) in [5.41, 5.74) is 0.561. The van der Waals surface area contributed by atoms with Gasteiger partial charge >= 0.3 is 0 Å². The van der Waals surface area contributed by atoms with Crippen LogP contribution in [0.4, 0.5) is 0 Å². The second-order valence-electron chi connectivity index (χ2n) is 3.48. The van der Waals surface area contributed by atoms with Gasteiger partial charge in [0.25, 0.3) is 5.91 Å². The molecule has 84 valence electrons. The minimum Gasteiger partial charge on any atom is -0.469 e. The number of nitrogens with one attached hydrogen (secondary N) is 1. The van der Waals surface area contributed by atoms with Gasteiger partial charge in [-0.15, -0.1) is 0 Å². The summed E-state index contributed by atoms with van der Waals surface area (Å²) in [6.07, 6.45) is 2.89. The van der Waals surface area contributed by atoms with Gasteiger partial charge in [-0.05, 0) is 25.8 Å². The lowest BCUT2D eigenvalue weighted by Crippen LogP contribution is -2.35. The first-order chi connectivity index (χ1) is 7.19. The molecule has 0 aliphatic carbocycles. The molecule has 1 amide bonds. The van der Waals surface area contributed by atoms with Gasteiger partial charge in [-0.25, -0.2) is 0 Å². The van der Waals surface area contributed by atoms with Gasteiger partial charge in [0.05, 0.1) is 11.8 Å². The monoisotopic (exact) mass is 211 g/mol. The van der Waals surface area contributed by atoms with Crippen LogP contribution in [0.2, 0.25) is 0 Å². The molecule has 4 nitrogen and oxygen atoms in total. The quantitative estimate of drug-likeness (QED) is 0.775. The van der Waals surface area contributed by atoms with Crippen LogP contribution in [-0.2, 0) is 0 Å². The fourth-order valence-corrected chi connectivity index (χ4v) is 1.42. The number of amides is 1. The summed E-state index contributed by atoms with van der Waals surface area (Å²) < 4.78 is 5.05. The third-order valence-corrected chi connectivity index (χ3v) is 2.41. The first-order valence-electron chi connectivity index (χ1n) is 5.14. The zero-order valence-corrected chi connectivity index (χ0v) is 9.12. The van der Waals surface area contributed by atoms with E-state index in [1.165, 1.54) is 6.26 Å². The molecule has 15 heavy (non-hydrogen) atoms. The van der Waals surface area contributed by atoms with Crippen molar-refractivity contribution in [3.8, 4) is 0 Å². The Balaban J connectivity index is 2.58. The molecule has 4 heteroatoms. The number of rotatable bonds is 5. The highest BCUT2D eigenvalue weighted by molar-refractivity contribution is 5.95. The molecule has 0 fully saturated rings. The molecule has 1 rings (SSSR count). The van der Waals surface area contributed by atoms with Gasteiger partial charge in [0.2, 0.25) is 0 Å². The van der Waals surface area contributed by atoms with Crippen molar-refractivity contribution in [2.45, 2.75) is 32.7 Å². The van der Waals surface area contributed by atoms with E-state index in [4.69, 9.17) is 9.52 Å². The summed E-state index contributed by atoms with van der Waals surface area (Å²) in [6, 6.07) is 1.67. The van der Waals surface area contributed by atoms with Crippen LogP contribution in [0.15, 0.2) is 16.7 Å². The van der Waals surface area contributed by atoms with Crippen molar-refractivity contribution in [1.82, 2.24) is 5.32 Å². The minimum atomic E-state index is -0.137. The molecule has 1 atom stereocenters. The SMILES string of the molecule is CCC(CCO)NC(=O)c1ccoc1C. The molecule has 0 saturated heterocycles. The van der Waals surface area contributed by atoms with Crippen LogP contribution < -0.4 is 5.32 Å². The summed E-state index contributed by atoms with van der Waals surface area (Å²) in [5.74, 6) is 0.480. The number of hydrogen-bond acceptors (Lipinski definition) is 3. The van der Waals surface area contributed by atoms with E-state index in [9.17, 15) is 4.79 Å². The van der Waals surface area contributed by atoms with Gasteiger partial charge < -0.3 is 14.8 Å². The van der Waals surface area contributed by atoms with Crippen LogP contribution in [-0.4, -0.2) is 23.7 Å². The Labute approximate surface area is 89.3 Å². The summed E-state index contributed by atoms with van der Waals surface area (Å²) in [5, 5.41) is 11.6. The maximum Gasteiger partial charge on any atom is 0.255 e. The van der Waals surface area contributed by atoms with Crippen LogP contribution in [0.1, 0.15) is 35.9 Å². The Morgan fingerprint density at radius 1 is 1.67 bits per heavy atom. The summed E-state index contributed by atoms with van der Waals surface area (Å²) in [4.78, 5) is 11.7. The molecule has 0 aliphatic heterocycles. The molecular weight excluding hydrogens is 194 g/mol. The fourth-order valence-electron chi connectivity index (χ4n) is 1.42. The molecule has 0 aromatic carbocycles. The van der Waals surface area contributed by atoms with Crippen LogP contribution in [0.3, 0.4) is 0 Å². The summed E-state index contributed by atoms with van der Waals surface area (Å²) >= 11 is 0. The van der Waals surface area contributed by atoms with Crippen LogP contribution in [0, 0.1) is 6.92 Å². The smallest absolute Gasteiger partial charge is 0.255 e. The largest absolute Gasteiger partial charge is 0.469 e. The number of carbonyl (C=O) groups excluding carboxylic acids is 1. The Morgan fingerprint density at radius 2 is 2.40 bits per heavy atom. The van der Waals surface area contributed by atoms with E-state index in [0.29, 0.717) is 17.7 Å². The standard InChI is InChI=1S/C11H17NO3/c1-3-9(4-6-13)12-11(14)10-5-7-15-8(10)2/h5,7,9,13H,3-4,6H2,1-2H3,(H,12,14). The molecule has 0 aliphatic rings. The second-order valence-corrected chi connectivity index (χ2v) is 3.48. The highest BCUT2D eigenvalue weighted by atomic mass is 16.3. The maximum absolute atomic E-state index is 11.7. The summed E-state index contributed by atoms with van der Waals surface area (Å²) in [6.45, 7) is 3.81. The molecule has 1 heterocycles. The average Bonchev–Trinajstić information content (AvgIpc) is 2.63. The highest BCUT2D eigenvalue weighted by Crippen LogP contribution is 2.09. The number of carbonyl (C=O) groups is 1. The first kappa shape index (κ1) is 11.8. The van der Waals surface area contributed by atoms with E-state index in [1.54, 1.807) is 13.0 Å². The van der Waals surface area contributed by atoms with E-state index in [1.807, 2.05) is 6.92 Å².